The van der Waals surface area contributed by atoms with Crippen molar-refractivity contribution in [1.82, 2.24) is 0 Å². The Morgan fingerprint density at radius 3 is 2.43 bits per heavy atom. The Bertz CT molecular complexity index is 857. The Kier molecular flexibility index (Phi) is 7.16. The monoisotopic (exact) mass is 405 g/mol. The van der Waals surface area contributed by atoms with E-state index in [1.54, 1.807) is 30.3 Å². The molecule has 0 saturated heterocycles. The first kappa shape index (κ1) is 21.9. The van der Waals surface area contributed by atoms with Crippen LogP contribution in [0.1, 0.15) is 43.0 Å². The van der Waals surface area contributed by atoms with E-state index in [9.17, 15) is 14.0 Å². The van der Waals surface area contributed by atoms with Crippen molar-refractivity contribution in [1.29, 1.82) is 0 Å². The molecule has 150 valence electrons. The van der Waals surface area contributed by atoms with Crippen molar-refractivity contribution in [3.63, 3.8) is 0 Å². The van der Waals surface area contributed by atoms with E-state index in [-0.39, 0.29) is 30.1 Å². The zero-order chi connectivity index (χ0) is 19.4. The lowest BCUT2D eigenvalue weighted by Crippen LogP contribution is -2.51. The Balaban J connectivity index is 0.00000280. The van der Waals surface area contributed by atoms with Crippen molar-refractivity contribution in [3.8, 4) is 0 Å². The van der Waals surface area contributed by atoms with Crippen LogP contribution in [0, 0.1) is 11.7 Å². The largest absolute Gasteiger partial charge is 0.326 e. The fourth-order valence-corrected chi connectivity index (χ4v) is 3.53. The molecule has 4 N–H and O–H groups in total. The highest BCUT2D eigenvalue weighted by Crippen LogP contribution is 2.32. The van der Waals surface area contributed by atoms with Crippen LogP contribution in [0.2, 0.25) is 0 Å². The third-order valence-electron chi connectivity index (χ3n) is 5.05. The number of hydrogen-bond acceptors (Lipinski definition) is 3. The SMILES string of the molecule is CC1(N)CCCCC1C(=O)Nc1cccc(C(=O)Nc2cccc(F)c2)c1.Cl. The highest BCUT2D eigenvalue weighted by Gasteiger charge is 2.37. The van der Waals surface area contributed by atoms with E-state index in [4.69, 9.17) is 5.73 Å². The maximum Gasteiger partial charge on any atom is 0.255 e. The third-order valence-corrected chi connectivity index (χ3v) is 5.05. The summed E-state index contributed by atoms with van der Waals surface area (Å²) in [5.74, 6) is -1.18. The number of carbonyl (C=O) groups is 2. The molecule has 2 atom stereocenters. The first-order valence-electron chi connectivity index (χ1n) is 9.12. The predicted octanol–water partition coefficient (Wildman–Crippen LogP) is 4.35. The van der Waals surface area contributed by atoms with Crippen molar-refractivity contribution in [2.45, 2.75) is 38.1 Å². The van der Waals surface area contributed by atoms with Gasteiger partial charge in [0.2, 0.25) is 5.91 Å². The number of benzene rings is 2. The molecule has 0 spiro atoms. The average Bonchev–Trinajstić information content (AvgIpc) is 2.61. The van der Waals surface area contributed by atoms with Crippen molar-refractivity contribution in [2.24, 2.45) is 11.7 Å². The average molecular weight is 406 g/mol. The van der Waals surface area contributed by atoms with Gasteiger partial charge in [0.1, 0.15) is 5.82 Å². The van der Waals surface area contributed by atoms with Gasteiger partial charge in [-0.1, -0.05) is 25.0 Å². The van der Waals surface area contributed by atoms with Crippen LogP contribution in [-0.4, -0.2) is 17.4 Å². The minimum atomic E-state index is -0.519. The van der Waals surface area contributed by atoms with Crippen molar-refractivity contribution in [3.05, 3.63) is 59.9 Å². The molecule has 0 aliphatic heterocycles. The van der Waals surface area contributed by atoms with Gasteiger partial charge in [0.15, 0.2) is 0 Å². The quantitative estimate of drug-likeness (QED) is 0.707. The minimum absolute atomic E-state index is 0. The number of nitrogens with two attached hydrogens (primary N) is 1. The topological polar surface area (TPSA) is 84.2 Å². The van der Waals surface area contributed by atoms with E-state index in [0.29, 0.717) is 16.9 Å². The lowest BCUT2D eigenvalue weighted by atomic mass is 9.74. The van der Waals surface area contributed by atoms with E-state index < -0.39 is 11.4 Å². The van der Waals surface area contributed by atoms with E-state index in [0.717, 1.165) is 25.7 Å². The molecule has 28 heavy (non-hydrogen) atoms. The molecule has 1 saturated carbocycles. The highest BCUT2D eigenvalue weighted by molar-refractivity contribution is 6.05. The van der Waals surface area contributed by atoms with E-state index in [1.807, 2.05) is 6.92 Å². The van der Waals surface area contributed by atoms with Gasteiger partial charge in [0, 0.05) is 22.5 Å². The van der Waals surface area contributed by atoms with Crippen LogP contribution in [0.3, 0.4) is 0 Å². The number of hydrogen-bond donors (Lipinski definition) is 3. The third kappa shape index (κ3) is 5.30. The predicted molar refractivity (Wildman–Crippen MR) is 111 cm³/mol. The molecule has 1 aliphatic rings. The first-order valence-corrected chi connectivity index (χ1v) is 9.12. The Morgan fingerprint density at radius 1 is 1.07 bits per heavy atom. The molecule has 2 unspecified atom stereocenters. The number of amides is 2. The molecule has 5 nitrogen and oxygen atoms in total. The molecule has 0 bridgehead atoms. The molecule has 1 aliphatic carbocycles. The lowest BCUT2D eigenvalue weighted by Gasteiger charge is -2.37. The van der Waals surface area contributed by atoms with Gasteiger partial charge in [-0.3, -0.25) is 9.59 Å². The first-order chi connectivity index (χ1) is 12.8. The van der Waals surface area contributed by atoms with Gasteiger partial charge in [-0.25, -0.2) is 4.39 Å². The molecular formula is C21H25ClFN3O2. The standard InChI is InChI=1S/C21H24FN3O2.ClH/c1-21(23)11-3-2-10-18(21)20(27)25-16-8-4-6-14(12-16)19(26)24-17-9-5-7-15(22)13-17;/h4-9,12-13,18H,2-3,10-11,23H2,1H3,(H,24,26)(H,25,27);1H. The number of rotatable bonds is 4. The molecule has 2 amide bonds. The Hall–Kier alpha value is -2.44. The summed E-state index contributed by atoms with van der Waals surface area (Å²) >= 11 is 0. The van der Waals surface area contributed by atoms with Crippen LogP contribution in [0.5, 0.6) is 0 Å². The zero-order valence-corrected chi connectivity index (χ0v) is 16.5. The molecule has 0 heterocycles. The van der Waals surface area contributed by atoms with Gasteiger partial charge >= 0.3 is 0 Å². The minimum Gasteiger partial charge on any atom is -0.326 e. The lowest BCUT2D eigenvalue weighted by molar-refractivity contribution is -0.122. The van der Waals surface area contributed by atoms with E-state index in [1.165, 1.54) is 18.2 Å². The molecule has 3 rings (SSSR count). The van der Waals surface area contributed by atoms with Crippen molar-refractivity contribution in [2.75, 3.05) is 10.6 Å². The molecule has 1 fully saturated rings. The van der Waals surface area contributed by atoms with Crippen LogP contribution in [0.25, 0.3) is 0 Å². The summed E-state index contributed by atoms with van der Waals surface area (Å²) in [6.45, 7) is 1.92. The summed E-state index contributed by atoms with van der Waals surface area (Å²) in [5, 5.41) is 5.52. The number of carbonyl (C=O) groups excluding carboxylic acids is 2. The van der Waals surface area contributed by atoms with Gasteiger partial charge in [0.05, 0.1) is 5.92 Å². The fraction of sp³-hybridized carbons (Fsp3) is 0.333. The van der Waals surface area contributed by atoms with Crippen LogP contribution in [0.15, 0.2) is 48.5 Å². The van der Waals surface area contributed by atoms with Gasteiger partial charge < -0.3 is 16.4 Å². The van der Waals surface area contributed by atoms with Crippen molar-refractivity contribution >= 4 is 35.6 Å². The van der Waals surface area contributed by atoms with E-state index in [2.05, 4.69) is 10.6 Å². The number of nitrogens with one attached hydrogen (secondary N) is 2. The van der Waals surface area contributed by atoms with Crippen LogP contribution < -0.4 is 16.4 Å². The number of halogens is 2. The second kappa shape index (κ2) is 9.17. The summed E-state index contributed by atoms with van der Waals surface area (Å²) in [6, 6.07) is 12.3. The molecule has 0 radical (unpaired) electrons. The number of anilines is 2. The van der Waals surface area contributed by atoms with Gasteiger partial charge in [-0.15, -0.1) is 12.4 Å². The normalized spacial score (nSPS) is 21.3. The summed E-state index contributed by atoms with van der Waals surface area (Å²) < 4.78 is 13.3. The van der Waals surface area contributed by atoms with Crippen LogP contribution in [-0.2, 0) is 4.79 Å². The smallest absolute Gasteiger partial charge is 0.255 e. The molecule has 2 aromatic carbocycles. The van der Waals surface area contributed by atoms with Gasteiger partial charge in [0.25, 0.3) is 5.91 Å². The molecule has 0 aromatic heterocycles. The van der Waals surface area contributed by atoms with Crippen LogP contribution >= 0.6 is 12.4 Å². The highest BCUT2D eigenvalue weighted by atomic mass is 35.5. The fourth-order valence-electron chi connectivity index (χ4n) is 3.53. The maximum atomic E-state index is 13.3. The van der Waals surface area contributed by atoms with Crippen LogP contribution in [0.4, 0.5) is 15.8 Å². The van der Waals surface area contributed by atoms with Crippen molar-refractivity contribution < 1.29 is 14.0 Å². The molecular weight excluding hydrogens is 381 g/mol. The Morgan fingerprint density at radius 2 is 1.75 bits per heavy atom. The second-order valence-electron chi connectivity index (χ2n) is 7.34. The summed E-state index contributed by atoms with van der Waals surface area (Å²) in [7, 11) is 0. The van der Waals surface area contributed by atoms with Gasteiger partial charge in [-0.05, 0) is 56.2 Å². The second-order valence-corrected chi connectivity index (χ2v) is 7.34. The van der Waals surface area contributed by atoms with Gasteiger partial charge in [-0.2, -0.15) is 0 Å². The zero-order valence-electron chi connectivity index (χ0n) is 15.7. The van der Waals surface area contributed by atoms with E-state index >= 15 is 0 Å². The molecule has 2 aromatic rings. The Labute approximate surface area is 170 Å². The maximum absolute atomic E-state index is 13.3. The summed E-state index contributed by atoms with van der Waals surface area (Å²) in [5.41, 5.74) is 7.06. The summed E-state index contributed by atoms with van der Waals surface area (Å²) in [6.07, 6.45) is 3.60. The molecule has 7 heteroatoms. The summed E-state index contributed by atoms with van der Waals surface area (Å²) in [4.78, 5) is 25.1.